The largest absolute Gasteiger partial charge is 0.427 e. The molecule has 0 aliphatic carbocycles. The molecule has 1 aromatic carbocycles. The van der Waals surface area contributed by atoms with Gasteiger partial charge in [-0.3, -0.25) is 9.59 Å². The molecule has 0 aromatic heterocycles. The quantitative estimate of drug-likeness (QED) is 0.317. The van der Waals surface area contributed by atoms with Crippen LogP contribution in [-0.2, 0) is 4.79 Å². The molecule has 1 rings (SSSR count). The van der Waals surface area contributed by atoms with Crippen molar-refractivity contribution in [1.29, 1.82) is 0 Å². The normalized spacial score (nSPS) is 9.21. The van der Waals surface area contributed by atoms with Crippen LogP contribution in [0.2, 0.25) is 0 Å². The van der Waals surface area contributed by atoms with E-state index in [1.165, 1.54) is 19.1 Å². The van der Waals surface area contributed by atoms with E-state index in [4.69, 9.17) is 4.74 Å². The predicted octanol–water partition coefficient (Wildman–Crippen LogP) is 1.98. The summed E-state index contributed by atoms with van der Waals surface area (Å²) < 4.78 is 4.82. The average Bonchev–Trinajstić information content (AvgIpc) is 2.16. The number of allylic oxidation sites excluding steroid dienone is 1. The lowest BCUT2D eigenvalue weighted by Crippen LogP contribution is -2.02. The molecule has 0 heterocycles. The fraction of sp³-hybridized carbons (Fsp3) is 0.0909. The Morgan fingerprint density at radius 1 is 1.43 bits per heavy atom. The molecule has 3 nitrogen and oxygen atoms in total. The number of carbonyl (C=O) groups excluding carboxylic acids is 2. The number of benzene rings is 1. The molecule has 3 heteroatoms. The molecule has 0 atom stereocenters. The van der Waals surface area contributed by atoms with E-state index in [9.17, 15) is 9.59 Å². The predicted molar refractivity (Wildman–Crippen MR) is 52.3 cm³/mol. The van der Waals surface area contributed by atoms with Gasteiger partial charge >= 0.3 is 5.97 Å². The van der Waals surface area contributed by atoms with Crippen molar-refractivity contribution in [1.82, 2.24) is 0 Å². The second-order valence-electron chi connectivity index (χ2n) is 2.69. The zero-order valence-electron chi connectivity index (χ0n) is 7.82. The van der Waals surface area contributed by atoms with Gasteiger partial charge in [-0.1, -0.05) is 18.7 Å². The first-order valence-corrected chi connectivity index (χ1v) is 4.08. The van der Waals surface area contributed by atoms with Crippen LogP contribution in [0.1, 0.15) is 17.3 Å². The van der Waals surface area contributed by atoms with Gasteiger partial charge in [0.15, 0.2) is 5.78 Å². The fourth-order valence-electron chi connectivity index (χ4n) is 0.997. The van der Waals surface area contributed by atoms with Crippen LogP contribution >= 0.6 is 0 Å². The minimum Gasteiger partial charge on any atom is -0.427 e. The highest BCUT2D eigenvalue weighted by Gasteiger charge is 2.03. The summed E-state index contributed by atoms with van der Waals surface area (Å²) in [6, 6.07) is 6.40. The van der Waals surface area contributed by atoms with Gasteiger partial charge in [0.05, 0.1) is 0 Å². The maximum absolute atomic E-state index is 11.2. The summed E-state index contributed by atoms with van der Waals surface area (Å²) in [4.78, 5) is 21.8. The maximum Gasteiger partial charge on any atom is 0.308 e. The Morgan fingerprint density at radius 2 is 2.14 bits per heavy atom. The molecule has 0 aliphatic rings. The van der Waals surface area contributed by atoms with Crippen molar-refractivity contribution in [2.45, 2.75) is 6.92 Å². The molecule has 0 bridgehead atoms. The number of ether oxygens (including phenoxy) is 1. The van der Waals surface area contributed by atoms with Crippen LogP contribution in [0.25, 0.3) is 0 Å². The van der Waals surface area contributed by atoms with Gasteiger partial charge < -0.3 is 4.74 Å². The van der Waals surface area contributed by atoms with Crippen molar-refractivity contribution < 1.29 is 14.3 Å². The maximum atomic E-state index is 11.2. The zero-order chi connectivity index (χ0) is 10.6. The van der Waals surface area contributed by atoms with Gasteiger partial charge in [-0.25, -0.2) is 0 Å². The van der Waals surface area contributed by atoms with Crippen molar-refractivity contribution in [3.63, 3.8) is 0 Å². The molecule has 0 spiro atoms. The van der Waals surface area contributed by atoms with Crippen molar-refractivity contribution >= 4 is 11.8 Å². The number of esters is 1. The van der Waals surface area contributed by atoms with Crippen LogP contribution < -0.4 is 4.74 Å². The van der Waals surface area contributed by atoms with Gasteiger partial charge in [0.1, 0.15) is 5.75 Å². The third kappa shape index (κ3) is 2.55. The highest BCUT2D eigenvalue weighted by atomic mass is 16.5. The zero-order valence-corrected chi connectivity index (χ0v) is 7.82. The van der Waals surface area contributed by atoms with Crippen LogP contribution in [-0.4, -0.2) is 11.8 Å². The van der Waals surface area contributed by atoms with Gasteiger partial charge in [-0.15, -0.1) is 0 Å². The van der Waals surface area contributed by atoms with Crippen LogP contribution in [0, 0.1) is 0 Å². The summed E-state index contributed by atoms with van der Waals surface area (Å²) in [5.74, 6) is -0.239. The summed E-state index contributed by atoms with van der Waals surface area (Å²) in [6.07, 6.45) is 1.22. The lowest BCUT2D eigenvalue weighted by atomic mass is 10.1. The van der Waals surface area contributed by atoms with Crippen molar-refractivity contribution in [2.75, 3.05) is 0 Å². The third-order valence-corrected chi connectivity index (χ3v) is 1.57. The van der Waals surface area contributed by atoms with Gasteiger partial charge in [0.25, 0.3) is 0 Å². The molecule has 0 saturated heterocycles. The standard InChI is InChI=1S/C11H10O3/c1-3-11(13)9-5-4-6-10(7-9)14-8(2)12/h3-7H,1H2,2H3. The molecule has 1 aromatic rings. The van der Waals surface area contributed by atoms with E-state index in [1.54, 1.807) is 18.2 Å². The first-order valence-electron chi connectivity index (χ1n) is 4.08. The Bertz CT molecular complexity index is 380. The van der Waals surface area contributed by atoms with Crippen LogP contribution in [0.4, 0.5) is 0 Å². The highest BCUT2D eigenvalue weighted by Crippen LogP contribution is 2.14. The Balaban J connectivity index is 2.94. The van der Waals surface area contributed by atoms with E-state index in [-0.39, 0.29) is 5.78 Å². The Morgan fingerprint density at radius 3 is 2.71 bits per heavy atom. The van der Waals surface area contributed by atoms with Crippen molar-refractivity contribution in [3.05, 3.63) is 42.5 Å². The van der Waals surface area contributed by atoms with Crippen LogP contribution in [0.3, 0.4) is 0 Å². The Hall–Kier alpha value is -1.90. The van der Waals surface area contributed by atoms with Crippen molar-refractivity contribution in [3.8, 4) is 5.75 Å². The number of hydrogen-bond donors (Lipinski definition) is 0. The van der Waals surface area contributed by atoms with Crippen LogP contribution in [0.15, 0.2) is 36.9 Å². The first kappa shape index (κ1) is 10.2. The summed E-state index contributed by atoms with van der Waals surface area (Å²) in [5, 5.41) is 0. The highest BCUT2D eigenvalue weighted by molar-refractivity contribution is 6.04. The van der Waals surface area contributed by atoms with E-state index < -0.39 is 5.97 Å². The molecule has 0 radical (unpaired) electrons. The number of carbonyl (C=O) groups is 2. The van der Waals surface area contributed by atoms with E-state index in [1.807, 2.05) is 0 Å². The SMILES string of the molecule is C=CC(=O)c1cccc(OC(C)=O)c1. The molecular weight excluding hydrogens is 180 g/mol. The Labute approximate surface area is 82.0 Å². The second kappa shape index (κ2) is 4.37. The minimum absolute atomic E-state index is 0.195. The van der Waals surface area contributed by atoms with E-state index in [2.05, 4.69) is 6.58 Å². The Kier molecular flexibility index (Phi) is 3.18. The molecule has 14 heavy (non-hydrogen) atoms. The minimum atomic E-state index is -0.409. The van der Waals surface area contributed by atoms with E-state index in [0.717, 1.165) is 0 Å². The molecule has 0 saturated carbocycles. The average molecular weight is 190 g/mol. The molecule has 0 unspecified atom stereocenters. The molecule has 72 valence electrons. The molecule has 0 aliphatic heterocycles. The molecule has 0 amide bonds. The molecular formula is C11H10O3. The van der Waals surface area contributed by atoms with Crippen molar-refractivity contribution in [2.24, 2.45) is 0 Å². The van der Waals surface area contributed by atoms with Gasteiger partial charge in [0, 0.05) is 12.5 Å². The number of ketones is 1. The topological polar surface area (TPSA) is 43.4 Å². The first-order chi connectivity index (χ1) is 6.63. The summed E-state index contributed by atoms with van der Waals surface area (Å²) in [5.41, 5.74) is 0.457. The molecule has 0 fully saturated rings. The van der Waals surface area contributed by atoms with E-state index in [0.29, 0.717) is 11.3 Å². The lowest BCUT2D eigenvalue weighted by molar-refractivity contribution is -0.131. The van der Waals surface area contributed by atoms with Gasteiger partial charge in [0.2, 0.25) is 0 Å². The number of rotatable bonds is 3. The molecule has 0 N–H and O–H groups in total. The van der Waals surface area contributed by atoms with Crippen LogP contribution in [0.5, 0.6) is 5.75 Å². The second-order valence-corrected chi connectivity index (χ2v) is 2.69. The lowest BCUT2D eigenvalue weighted by Gasteiger charge is -2.01. The number of hydrogen-bond acceptors (Lipinski definition) is 3. The summed E-state index contributed by atoms with van der Waals surface area (Å²) in [6.45, 7) is 4.68. The fourth-order valence-corrected chi connectivity index (χ4v) is 0.997. The van der Waals surface area contributed by atoms with E-state index >= 15 is 0 Å². The monoisotopic (exact) mass is 190 g/mol. The summed E-state index contributed by atoms with van der Waals surface area (Å²) >= 11 is 0. The smallest absolute Gasteiger partial charge is 0.308 e. The third-order valence-electron chi connectivity index (χ3n) is 1.57. The summed E-state index contributed by atoms with van der Waals surface area (Å²) in [7, 11) is 0. The van der Waals surface area contributed by atoms with Gasteiger partial charge in [-0.2, -0.15) is 0 Å². The van der Waals surface area contributed by atoms with Gasteiger partial charge in [-0.05, 0) is 18.2 Å².